The number of nitrogen functional groups attached to an aromatic ring is 1. The Hall–Kier alpha value is -3.54. The van der Waals surface area contributed by atoms with E-state index in [4.69, 9.17) is 5.73 Å². The fourth-order valence-corrected chi connectivity index (χ4v) is 4.40. The Bertz CT molecular complexity index is 1300. The number of hydrogen-bond donors (Lipinski definition) is 1. The molecule has 2 aromatic heterocycles. The fourth-order valence-electron chi connectivity index (χ4n) is 3.65. The van der Waals surface area contributed by atoms with Crippen molar-refractivity contribution in [2.24, 2.45) is 0 Å². The van der Waals surface area contributed by atoms with Crippen LogP contribution in [-0.4, -0.2) is 54.7 Å². The first-order valence-electron chi connectivity index (χ1n) is 10.4. The molecule has 0 aliphatic carbocycles. The lowest BCUT2D eigenvalue weighted by Gasteiger charge is -2.34. The van der Waals surface area contributed by atoms with Crippen LogP contribution in [0, 0.1) is 0 Å². The molecule has 0 spiro atoms. The summed E-state index contributed by atoms with van der Waals surface area (Å²) in [6.07, 6.45) is 3.56. The number of carbonyl (C=O) groups is 2. The molecule has 1 unspecified atom stereocenters. The SMILES string of the molecule is Nc1nccs1.O=C(Cn1ccc2ccccc21)N1CCN(c2ccc(S(=O)[O-])cc2)C(=O)C1. The maximum atomic E-state index is 12.7. The minimum absolute atomic E-state index is 0.00721. The van der Waals surface area contributed by atoms with Crippen LogP contribution in [0.5, 0.6) is 0 Å². The number of nitrogens with two attached hydrogens (primary N) is 1. The summed E-state index contributed by atoms with van der Waals surface area (Å²) in [7, 11) is 0. The number of anilines is 2. The van der Waals surface area contributed by atoms with Crippen molar-refractivity contribution in [2.45, 2.75) is 11.4 Å². The second-order valence-corrected chi connectivity index (χ2v) is 9.33. The van der Waals surface area contributed by atoms with Gasteiger partial charge in [-0.05, 0) is 52.9 Å². The zero-order valence-corrected chi connectivity index (χ0v) is 19.7. The van der Waals surface area contributed by atoms with Gasteiger partial charge in [-0.2, -0.15) is 0 Å². The van der Waals surface area contributed by atoms with Crippen LogP contribution >= 0.6 is 11.3 Å². The van der Waals surface area contributed by atoms with Gasteiger partial charge in [-0.25, -0.2) is 4.98 Å². The van der Waals surface area contributed by atoms with Crippen LogP contribution in [0.15, 0.2) is 77.3 Å². The van der Waals surface area contributed by atoms with Gasteiger partial charge in [0.2, 0.25) is 11.8 Å². The molecule has 0 radical (unpaired) electrons. The summed E-state index contributed by atoms with van der Waals surface area (Å²) in [5.41, 5.74) is 6.80. The zero-order chi connectivity index (χ0) is 24.1. The summed E-state index contributed by atoms with van der Waals surface area (Å²) in [5.74, 6) is -0.292. The van der Waals surface area contributed by atoms with Gasteiger partial charge < -0.3 is 24.7 Å². The van der Waals surface area contributed by atoms with Crippen molar-refractivity contribution in [1.82, 2.24) is 14.5 Å². The molecule has 5 rings (SSSR count). The third-order valence-electron chi connectivity index (χ3n) is 5.35. The number of benzene rings is 2. The number of hydrogen-bond acceptors (Lipinski definition) is 7. The second kappa shape index (κ2) is 10.6. The van der Waals surface area contributed by atoms with Gasteiger partial charge >= 0.3 is 0 Å². The van der Waals surface area contributed by atoms with E-state index in [-0.39, 0.29) is 29.8 Å². The van der Waals surface area contributed by atoms with Crippen molar-refractivity contribution in [3.8, 4) is 0 Å². The monoisotopic (exact) mass is 496 g/mol. The van der Waals surface area contributed by atoms with Crippen LogP contribution in [0.1, 0.15) is 0 Å². The van der Waals surface area contributed by atoms with Crippen molar-refractivity contribution < 1.29 is 18.4 Å². The number of fused-ring (bicyclic) bond motifs is 1. The number of thiazole rings is 1. The molecular formula is C23H22N5O4S2-. The second-order valence-electron chi connectivity index (χ2n) is 7.46. The Morgan fingerprint density at radius 1 is 1.12 bits per heavy atom. The Kier molecular flexibility index (Phi) is 7.36. The van der Waals surface area contributed by atoms with Crippen molar-refractivity contribution >= 4 is 56.0 Å². The van der Waals surface area contributed by atoms with Crippen molar-refractivity contribution in [1.29, 1.82) is 0 Å². The third kappa shape index (κ3) is 5.50. The highest BCUT2D eigenvalue weighted by Gasteiger charge is 2.28. The van der Waals surface area contributed by atoms with E-state index in [1.807, 2.05) is 46.5 Å². The molecule has 2 N–H and O–H groups in total. The van der Waals surface area contributed by atoms with Crippen LogP contribution in [0.4, 0.5) is 10.8 Å². The molecule has 4 aromatic rings. The molecule has 1 aliphatic rings. The van der Waals surface area contributed by atoms with Crippen molar-refractivity contribution in [3.05, 3.63) is 72.4 Å². The van der Waals surface area contributed by atoms with Gasteiger partial charge in [0.1, 0.15) is 13.1 Å². The molecule has 0 saturated carbocycles. The van der Waals surface area contributed by atoms with Crippen molar-refractivity contribution in [2.75, 3.05) is 30.3 Å². The topological polar surface area (TPSA) is 125 Å². The van der Waals surface area contributed by atoms with Gasteiger partial charge in [-0.1, -0.05) is 18.2 Å². The number of rotatable bonds is 4. The lowest BCUT2D eigenvalue weighted by molar-refractivity contribution is -0.137. The summed E-state index contributed by atoms with van der Waals surface area (Å²) < 4.78 is 23.8. The highest BCUT2D eigenvalue weighted by molar-refractivity contribution is 7.79. The number of carbonyl (C=O) groups excluding carboxylic acids is 2. The lowest BCUT2D eigenvalue weighted by atomic mass is 10.2. The van der Waals surface area contributed by atoms with Gasteiger partial charge in [0.15, 0.2) is 5.13 Å². The Balaban J connectivity index is 0.000000398. The lowest BCUT2D eigenvalue weighted by Crippen LogP contribution is -2.53. The maximum absolute atomic E-state index is 12.7. The number of aromatic nitrogens is 2. The summed E-state index contributed by atoms with van der Waals surface area (Å²) in [4.78, 5) is 32.3. The molecule has 34 heavy (non-hydrogen) atoms. The Morgan fingerprint density at radius 3 is 2.50 bits per heavy atom. The number of para-hydroxylation sites is 1. The van der Waals surface area contributed by atoms with E-state index in [1.54, 1.807) is 28.1 Å². The molecule has 2 amide bonds. The molecule has 1 atom stereocenters. The van der Waals surface area contributed by atoms with E-state index < -0.39 is 11.1 Å². The maximum Gasteiger partial charge on any atom is 0.246 e. The molecule has 1 saturated heterocycles. The van der Waals surface area contributed by atoms with Gasteiger partial charge in [0.25, 0.3) is 0 Å². The third-order valence-corrected chi connectivity index (χ3v) is 6.61. The summed E-state index contributed by atoms with van der Waals surface area (Å²) in [5, 5.41) is 3.55. The van der Waals surface area contributed by atoms with Gasteiger partial charge in [-0.15, -0.1) is 11.3 Å². The zero-order valence-electron chi connectivity index (χ0n) is 18.1. The minimum Gasteiger partial charge on any atom is -0.768 e. The van der Waals surface area contributed by atoms with Crippen molar-refractivity contribution in [3.63, 3.8) is 0 Å². The minimum atomic E-state index is -2.30. The largest absolute Gasteiger partial charge is 0.768 e. The fraction of sp³-hybridized carbons (Fsp3) is 0.174. The average molecular weight is 497 g/mol. The molecule has 9 nitrogen and oxygen atoms in total. The summed E-state index contributed by atoms with van der Waals surface area (Å²) >= 11 is -0.853. The van der Waals surface area contributed by atoms with E-state index in [0.29, 0.717) is 23.9 Å². The van der Waals surface area contributed by atoms with E-state index >= 15 is 0 Å². The standard InChI is InChI=1S/C20H19N3O4S.C3H4N2S/c24-19(13-21-10-9-15-3-1-2-4-18(15)21)22-11-12-23(20(25)14-22)16-5-7-17(8-6-16)28(26)27;4-3-5-1-2-6-3/h1-10H,11-14H2,(H,26,27);1-2H,(H2,4,5)/p-1. The molecule has 0 bridgehead atoms. The van der Waals surface area contributed by atoms with E-state index in [9.17, 15) is 18.4 Å². The first kappa shape index (κ1) is 23.6. The van der Waals surface area contributed by atoms with Crippen LogP contribution in [0.2, 0.25) is 0 Å². The first-order valence-corrected chi connectivity index (χ1v) is 12.3. The smallest absolute Gasteiger partial charge is 0.246 e. The van der Waals surface area contributed by atoms with Gasteiger partial charge in [0, 0.05) is 47.0 Å². The summed E-state index contributed by atoms with van der Waals surface area (Å²) in [6.45, 7) is 0.994. The van der Waals surface area contributed by atoms with E-state index in [1.165, 1.54) is 23.5 Å². The van der Waals surface area contributed by atoms with E-state index in [2.05, 4.69) is 4.98 Å². The first-order chi connectivity index (χ1) is 16.4. The molecule has 11 heteroatoms. The predicted molar refractivity (Wildman–Crippen MR) is 131 cm³/mol. The highest BCUT2D eigenvalue weighted by Crippen LogP contribution is 2.20. The number of nitrogens with zero attached hydrogens (tertiary/aromatic N) is 4. The molecule has 3 heterocycles. The molecule has 176 valence electrons. The van der Waals surface area contributed by atoms with Crippen LogP contribution < -0.4 is 10.6 Å². The molecular weight excluding hydrogens is 474 g/mol. The Morgan fingerprint density at radius 2 is 1.88 bits per heavy atom. The highest BCUT2D eigenvalue weighted by atomic mass is 32.2. The Labute approximate surface area is 202 Å². The van der Waals surface area contributed by atoms with Crippen LogP contribution in [0.25, 0.3) is 10.9 Å². The van der Waals surface area contributed by atoms with E-state index in [0.717, 1.165) is 10.9 Å². The molecule has 1 aliphatic heterocycles. The normalized spacial score (nSPS) is 14.6. The number of piperazine rings is 1. The van der Waals surface area contributed by atoms with Gasteiger partial charge in [-0.3, -0.25) is 13.8 Å². The quantitative estimate of drug-likeness (QED) is 0.433. The number of amides is 2. The van der Waals surface area contributed by atoms with Crippen LogP contribution in [-0.2, 0) is 27.2 Å². The molecule has 2 aromatic carbocycles. The van der Waals surface area contributed by atoms with Gasteiger partial charge in [0.05, 0.1) is 0 Å². The molecule has 1 fully saturated rings. The predicted octanol–water partition coefficient (Wildman–Crippen LogP) is 2.48. The average Bonchev–Trinajstić information content (AvgIpc) is 3.49. The summed E-state index contributed by atoms with van der Waals surface area (Å²) in [6, 6.07) is 15.9. The van der Waals surface area contributed by atoms with Crippen LogP contribution in [0.3, 0.4) is 0 Å².